The zero-order valence-electron chi connectivity index (χ0n) is 20.8. The quantitative estimate of drug-likeness (QED) is 0.386. The van der Waals surface area contributed by atoms with E-state index < -0.39 is 0 Å². The normalized spacial score (nSPS) is 31.7. The number of rotatable bonds is 4. The highest BCUT2D eigenvalue weighted by atomic mass is 16.5. The van der Waals surface area contributed by atoms with E-state index in [1.165, 1.54) is 52.7 Å². The van der Waals surface area contributed by atoms with Gasteiger partial charge < -0.3 is 9.47 Å². The topological polar surface area (TPSA) is 52.6 Å². The molecule has 0 radical (unpaired) electrons. The highest BCUT2D eigenvalue weighted by Gasteiger charge is 2.47. The molecule has 6 atom stereocenters. The maximum absolute atomic E-state index is 11.7. The molecule has 3 aliphatic rings. The lowest BCUT2D eigenvalue weighted by Crippen LogP contribution is -2.32. The number of ether oxygens (including phenoxy) is 2. The molecule has 30 heavy (non-hydrogen) atoms. The van der Waals surface area contributed by atoms with E-state index >= 15 is 0 Å². The van der Waals surface area contributed by atoms with E-state index in [4.69, 9.17) is 4.74 Å². The molecule has 0 aromatic carbocycles. The molecule has 0 spiro atoms. The SMILES string of the molecule is C=C(C)C(=O)OC.CC1CCC(C)C1.COC(=O)C(C)(C)CC1C2CCC(C2)C1C. The van der Waals surface area contributed by atoms with Gasteiger partial charge >= 0.3 is 11.9 Å². The molecule has 0 N–H and O–H groups in total. The van der Waals surface area contributed by atoms with Crippen LogP contribution >= 0.6 is 0 Å². The Labute approximate surface area is 185 Å². The van der Waals surface area contributed by atoms with Crippen LogP contribution in [0.15, 0.2) is 12.2 Å². The van der Waals surface area contributed by atoms with Gasteiger partial charge in [0.25, 0.3) is 0 Å². The second-order valence-electron chi connectivity index (χ2n) is 10.7. The van der Waals surface area contributed by atoms with Crippen LogP contribution in [0.4, 0.5) is 0 Å². The van der Waals surface area contributed by atoms with Crippen LogP contribution in [0.5, 0.6) is 0 Å². The first-order chi connectivity index (χ1) is 13.9. The van der Waals surface area contributed by atoms with Gasteiger partial charge in [0.15, 0.2) is 0 Å². The average molecular weight is 423 g/mol. The molecular weight excluding hydrogens is 376 g/mol. The maximum Gasteiger partial charge on any atom is 0.332 e. The molecule has 3 fully saturated rings. The van der Waals surface area contributed by atoms with Crippen LogP contribution in [0.1, 0.15) is 86.5 Å². The third-order valence-corrected chi connectivity index (χ3v) is 7.51. The van der Waals surface area contributed by atoms with Crippen LogP contribution in [0, 0.1) is 40.9 Å². The van der Waals surface area contributed by atoms with Crippen LogP contribution in [-0.4, -0.2) is 26.2 Å². The number of carbonyl (C=O) groups is 2. The van der Waals surface area contributed by atoms with Crippen LogP contribution in [0.2, 0.25) is 0 Å². The van der Waals surface area contributed by atoms with Gasteiger partial charge in [0.1, 0.15) is 0 Å². The number of hydrogen-bond acceptors (Lipinski definition) is 4. The Bertz CT molecular complexity index is 570. The van der Waals surface area contributed by atoms with E-state index in [-0.39, 0.29) is 17.4 Å². The third-order valence-electron chi connectivity index (χ3n) is 7.51. The molecule has 3 rings (SSSR count). The van der Waals surface area contributed by atoms with Crippen LogP contribution in [0.25, 0.3) is 0 Å². The Kier molecular flexibility index (Phi) is 10.6. The molecule has 4 heteroatoms. The molecule has 3 aliphatic carbocycles. The maximum atomic E-state index is 11.7. The Hall–Kier alpha value is -1.32. The minimum Gasteiger partial charge on any atom is -0.469 e. The average Bonchev–Trinajstić information content (AvgIpc) is 3.39. The molecule has 3 saturated carbocycles. The van der Waals surface area contributed by atoms with Gasteiger partial charge in [0, 0.05) is 5.57 Å². The summed E-state index contributed by atoms with van der Waals surface area (Å²) in [6, 6.07) is 0. The molecule has 0 amide bonds. The zero-order valence-corrected chi connectivity index (χ0v) is 20.8. The summed E-state index contributed by atoms with van der Waals surface area (Å²) in [7, 11) is 2.82. The fourth-order valence-electron chi connectivity index (χ4n) is 5.67. The van der Waals surface area contributed by atoms with E-state index in [0.29, 0.717) is 5.57 Å². The van der Waals surface area contributed by atoms with Gasteiger partial charge in [-0.05, 0) is 88.4 Å². The lowest BCUT2D eigenvalue weighted by atomic mass is 9.71. The van der Waals surface area contributed by atoms with Gasteiger partial charge in [-0.2, -0.15) is 0 Å². The molecule has 6 unspecified atom stereocenters. The van der Waals surface area contributed by atoms with Crippen molar-refractivity contribution in [2.24, 2.45) is 40.9 Å². The summed E-state index contributed by atoms with van der Waals surface area (Å²) in [5.74, 6) is 5.01. The molecular formula is C26H46O4. The van der Waals surface area contributed by atoms with E-state index in [9.17, 15) is 9.59 Å². The van der Waals surface area contributed by atoms with Crippen molar-refractivity contribution in [3.05, 3.63) is 12.2 Å². The van der Waals surface area contributed by atoms with Gasteiger partial charge in [-0.15, -0.1) is 0 Å². The molecule has 0 saturated heterocycles. The Morgan fingerprint density at radius 3 is 1.73 bits per heavy atom. The minimum atomic E-state index is -0.347. The standard InChI is InChI=1S/C14H24O2.C7H14.C5H8O2/c1-9-10-5-6-11(7-10)12(9)8-14(2,3)13(15)16-4;1-6-3-4-7(2)5-6;1-4(2)5(6)7-3/h9-12H,5-8H2,1-4H3;6-7H,3-5H2,1-2H3;1H2,2-3H3. The van der Waals surface area contributed by atoms with E-state index in [1.54, 1.807) is 6.92 Å². The summed E-state index contributed by atoms with van der Waals surface area (Å²) in [5, 5.41) is 0. The van der Waals surface area contributed by atoms with Crippen molar-refractivity contribution in [3.8, 4) is 0 Å². The van der Waals surface area contributed by atoms with Crippen LogP contribution < -0.4 is 0 Å². The van der Waals surface area contributed by atoms with Gasteiger partial charge in [-0.25, -0.2) is 4.79 Å². The van der Waals surface area contributed by atoms with Gasteiger partial charge in [-0.1, -0.05) is 40.2 Å². The molecule has 0 aromatic heterocycles. The van der Waals surface area contributed by atoms with E-state index in [2.05, 4.69) is 32.1 Å². The second kappa shape index (κ2) is 11.9. The monoisotopic (exact) mass is 422 g/mol. The molecule has 0 heterocycles. The fraction of sp³-hybridized carbons (Fsp3) is 0.846. The summed E-state index contributed by atoms with van der Waals surface area (Å²) < 4.78 is 9.17. The number of hydrogen-bond donors (Lipinski definition) is 0. The molecule has 174 valence electrons. The Morgan fingerprint density at radius 1 is 0.900 bits per heavy atom. The van der Waals surface area contributed by atoms with Crippen LogP contribution in [-0.2, 0) is 19.1 Å². The van der Waals surface area contributed by atoms with Crippen molar-refractivity contribution in [1.82, 2.24) is 0 Å². The first kappa shape index (κ1) is 26.7. The lowest BCUT2D eigenvalue weighted by Gasteiger charge is -2.33. The minimum absolute atomic E-state index is 0.0533. The van der Waals surface area contributed by atoms with Crippen molar-refractivity contribution < 1.29 is 19.1 Å². The largest absolute Gasteiger partial charge is 0.469 e. The van der Waals surface area contributed by atoms with Crippen molar-refractivity contribution >= 4 is 11.9 Å². The fourth-order valence-corrected chi connectivity index (χ4v) is 5.67. The third kappa shape index (κ3) is 7.74. The van der Waals surface area contributed by atoms with Crippen molar-refractivity contribution in [2.75, 3.05) is 14.2 Å². The Balaban J connectivity index is 0.000000267. The van der Waals surface area contributed by atoms with Crippen molar-refractivity contribution in [3.63, 3.8) is 0 Å². The van der Waals surface area contributed by atoms with Crippen molar-refractivity contribution in [1.29, 1.82) is 0 Å². The predicted molar refractivity (Wildman–Crippen MR) is 123 cm³/mol. The molecule has 0 aromatic rings. The first-order valence-electron chi connectivity index (χ1n) is 11.7. The van der Waals surface area contributed by atoms with Crippen LogP contribution in [0.3, 0.4) is 0 Å². The van der Waals surface area contributed by atoms with Gasteiger partial charge in [0.2, 0.25) is 0 Å². The highest BCUT2D eigenvalue weighted by Crippen LogP contribution is 2.55. The summed E-state index contributed by atoms with van der Waals surface area (Å²) in [6.07, 6.45) is 9.63. The zero-order chi connectivity index (χ0) is 23.1. The van der Waals surface area contributed by atoms with Crippen molar-refractivity contribution in [2.45, 2.75) is 86.5 Å². The lowest BCUT2D eigenvalue weighted by molar-refractivity contribution is -0.152. The predicted octanol–water partition coefficient (Wildman–Crippen LogP) is 6.44. The molecule has 4 nitrogen and oxygen atoms in total. The van der Waals surface area contributed by atoms with Gasteiger partial charge in [0.05, 0.1) is 19.6 Å². The van der Waals surface area contributed by atoms with E-state index in [0.717, 1.165) is 41.9 Å². The summed E-state index contributed by atoms with van der Waals surface area (Å²) in [6.45, 7) is 16.1. The highest BCUT2D eigenvalue weighted by molar-refractivity contribution is 5.86. The first-order valence-corrected chi connectivity index (χ1v) is 11.7. The van der Waals surface area contributed by atoms with E-state index in [1.807, 2.05) is 13.8 Å². The summed E-state index contributed by atoms with van der Waals surface area (Å²) >= 11 is 0. The van der Waals surface area contributed by atoms with Gasteiger partial charge in [-0.3, -0.25) is 4.79 Å². The molecule has 2 bridgehead atoms. The second-order valence-corrected chi connectivity index (χ2v) is 10.7. The summed E-state index contributed by atoms with van der Waals surface area (Å²) in [4.78, 5) is 21.9. The summed E-state index contributed by atoms with van der Waals surface area (Å²) in [5.41, 5.74) is 0.125. The number of esters is 2. The molecule has 0 aliphatic heterocycles. The number of fused-ring (bicyclic) bond motifs is 2. The Morgan fingerprint density at radius 2 is 1.43 bits per heavy atom. The smallest absolute Gasteiger partial charge is 0.332 e. The number of methoxy groups -OCH3 is 2. The number of carbonyl (C=O) groups excluding carboxylic acids is 2.